The summed E-state index contributed by atoms with van der Waals surface area (Å²) in [6, 6.07) is 17.4. The van der Waals surface area contributed by atoms with Crippen molar-refractivity contribution in [3.63, 3.8) is 0 Å². The van der Waals surface area contributed by atoms with E-state index in [0.717, 1.165) is 25.6 Å². The summed E-state index contributed by atoms with van der Waals surface area (Å²) in [5, 5.41) is 2.28. The van der Waals surface area contributed by atoms with Crippen LogP contribution >= 0.6 is 16.5 Å². The molecule has 2 fully saturated rings. The fourth-order valence-electron chi connectivity index (χ4n) is 5.48. The first-order chi connectivity index (χ1) is 14.5. The van der Waals surface area contributed by atoms with Gasteiger partial charge in [-0.1, -0.05) is 74.1 Å². The fourth-order valence-corrected chi connectivity index (χ4v) is 11.4. The number of hydrogen-bond donors (Lipinski definition) is 0. The van der Waals surface area contributed by atoms with E-state index in [9.17, 15) is 0 Å². The van der Waals surface area contributed by atoms with Crippen LogP contribution in [-0.4, -0.2) is 16.5 Å². The Morgan fingerprint density at radius 2 is 1.32 bits per heavy atom. The van der Waals surface area contributed by atoms with Crippen LogP contribution in [0.2, 0.25) is 0 Å². The molecule has 0 spiro atoms. The molecule has 0 aromatic heterocycles. The van der Waals surface area contributed by atoms with E-state index >= 15 is 0 Å². The minimum atomic E-state index is 0. The van der Waals surface area contributed by atoms with E-state index < -0.39 is 0 Å². The maximum absolute atomic E-state index is 2.55. The summed E-state index contributed by atoms with van der Waals surface area (Å²) in [6.45, 7) is 9.73. The van der Waals surface area contributed by atoms with E-state index in [1.807, 2.05) is 35.6 Å². The molecule has 180 valence electrons. The van der Waals surface area contributed by atoms with Crippen molar-refractivity contribution in [2.45, 2.75) is 114 Å². The molecule has 0 radical (unpaired) electrons. The van der Waals surface area contributed by atoms with Crippen LogP contribution in [0.4, 0.5) is 0 Å². The van der Waals surface area contributed by atoms with E-state index in [1.165, 1.54) is 64.2 Å². The van der Waals surface area contributed by atoms with Gasteiger partial charge in [0.15, 0.2) is 0 Å². The zero-order valence-electron chi connectivity index (χ0n) is 20.2. The van der Waals surface area contributed by atoms with Gasteiger partial charge in [0.05, 0.1) is 0 Å². The summed E-state index contributed by atoms with van der Waals surface area (Å²) >= 11 is 0. The quantitative estimate of drug-likeness (QED) is 0.219. The van der Waals surface area contributed by atoms with Crippen molar-refractivity contribution in [3.8, 4) is 0 Å². The van der Waals surface area contributed by atoms with Crippen LogP contribution in [0.1, 0.15) is 103 Å². The van der Waals surface area contributed by atoms with Crippen molar-refractivity contribution in [1.82, 2.24) is 0 Å². The molecule has 2 unspecified atom stereocenters. The van der Waals surface area contributed by atoms with Gasteiger partial charge in [-0.05, 0) is 47.8 Å². The van der Waals surface area contributed by atoms with E-state index in [1.54, 1.807) is 5.56 Å². The topological polar surface area (TPSA) is 0 Å². The smallest absolute Gasteiger partial charge is 0 e. The van der Waals surface area contributed by atoms with Crippen LogP contribution in [0.5, 0.6) is 0 Å². The molecule has 31 heavy (non-hydrogen) atoms. The predicted molar refractivity (Wildman–Crippen MR) is 141 cm³/mol. The largest absolute Gasteiger partial charge is 0.748 e. The molecule has 0 heterocycles. The first-order valence-corrected chi connectivity index (χ1v) is 15.0. The van der Waals surface area contributed by atoms with Gasteiger partial charge in [-0.25, -0.2) is 12.1 Å². The summed E-state index contributed by atoms with van der Waals surface area (Å²) in [5.41, 5.74) is 4.52. The molecule has 0 bridgehead atoms. The Balaban J connectivity index is 0.000000501. The van der Waals surface area contributed by atoms with E-state index in [0.29, 0.717) is 5.16 Å². The van der Waals surface area contributed by atoms with Crippen LogP contribution in [0.15, 0.2) is 48.5 Å². The third-order valence-electron chi connectivity index (χ3n) is 6.71. The predicted octanol–water partition coefficient (Wildman–Crippen LogP) is 9.12. The second-order valence-corrected chi connectivity index (χ2v) is 15.8. The van der Waals surface area contributed by atoms with Gasteiger partial charge in [-0.3, -0.25) is 0 Å². The molecule has 0 aliphatic heterocycles. The average molecular weight is 498 g/mol. The van der Waals surface area contributed by atoms with Gasteiger partial charge in [0, 0.05) is 17.1 Å². The minimum absolute atomic E-state index is 0. The maximum Gasteiger partial charge on any atom is 0 e. The van der Waals surface area contributed by atoms with Crippen LogP contribution in [0, 0.1) is 0 Å². The van der Waals surface area contributed by atoms with Crippen molar-refractivity contribution in [2.24, 2.45) is 0 Å². The van der Waals surface area contributed by atoms with Crippen LogP contribution in [0.3, 0.4) is 0 Å². The Hall–Kier alpha value is 0.0795. The van der Waals surface area contributed by atoms with Gasteiger partial charge in [0.25, 0.3) is 0 Å². The zero-order chi connectivity index (χ0) is 21.4. The summed E-state index contributed by atoms with van der Waals surface area (Å²) < 4.78 is 0. The Morgan fingerprint density at radius 1 is 0.871 bits per heavy atom. The second-order valence-electron chi connectivity index (χ2n) is 10.4. The van der Waals surface area contributed by atoms with Crippen LogP contribution in [-0.2, 0) is 17.1 Å². The third kappa shape index (κ3) is 8.74. The molecule has 2 aliphatic rings. The molecule has 2 aromatic rings. The van der Waals surface area contributed by atoms with Gasteiger partial charge in [0.2, 0.25) is 0 Å². The first-order valence-electron chi connectivity index (χ1n) is 12.4. The third-order valence-corrected chi connectivity index (χ3v) is 11.9. The molecule has 2 atom stereocenters. The van der Waals surface area contributed by atoms with Crippen molar-refractivity contribution >= 4 is 21.8 Å². The van der Waals surface area contributed by atoms with Crippen LogP contribution in [0.25, 0.3) is 0 Å². The Kier molecular flexibility index (Phi) is 12.1. The Morgan fingerprint density at radius 3 is 1.74 bits per heavy atom. The van der Waals surface area contributed by atoms with Crippen molar-refractivity contribution in [2.75, 3.05) is 0 Å². The van der Waals surface area contributed by atoms with Crippen LogP contribution < -0.4 is 5.30 Å². The van der Waals surface area contributed by atoms with Crippen molar-refractivity contribution < 1.29 is 17.1 Å². The van der Waals surface area contributed by atoms with Crippen molar-refractivity contribution in [1.29, 1.82) is 0 Å². The normalized spacial score (nSPS) is 19.8. The average Bonchev–Trinajstić information content (AvgIpc) is 3.44. The molecule has 4 rings (SSSR count). The summed E-state index contributed by atoms with van der Waals surface area (Å²) in [5.74, 6) is 0. The molecule has 0 saturated heterocycles. The molecule has 2 aliphatic carbocycles. The molecule has 2 aromatic carbocycles. The van der Waals surface area contributed by atoms with Gasteiger partial charge >= 0.3 is 0 Å². The molecule has 3 heteroatoms. The van der Waals surface area contributed by atoms with E-state index in [-0.39, 0.29) is 25.0 Å². The number of rotatable bonds is 5. The molecule has 0 nitrogen and oxygen atoms in total. The SMILES string of the molecule is CC(PC(C)(C)C)[c-]1cccc1P(C1CCCCC1)C1CCCCC1.[Fe].[cH-]1[cH-][cH-][cH-][cH-]1. The first kappa shape index (κ1) is 27.3. The molecule has 2 saturated carbocycles. The summed E-state index contributed by atoms with van der Waals surface area (Å²) in [4.78, 5) is 0. The molecular formula is C28H44FeP2-6. The zero-order valence-corrected chi connectivity index (χ0v) is 23.2. The molecular weight excluding hydrogens is 454 g/mol. The maximum atomic E-state index is 2.55. The standard InChI is InChI=1S/C23H39P2.C5H5.Fe/c1-18(24-23(2,3)4)21-16-11-17-22(21)25(19-12-7-5-8-13-19)20-14-9-6-10-15-20;1-2-4-5-3-1;/h11,16-20,24H,5-10,12-15H2,1-4H3;1-5H;/q-1;-5;. The summed E-state index contributed by atoms with van der Waals surface area (Å²) in [7, 11) is 1.08. The molecule has 0 amide bonds. The van der Waals surface area contributed by atoms with Gasteiger partial charge in [-0.15, -0.1) is 19.4 Å². The second kappa shape index (κ2) is 13.7. The van der Waals surface area contributed by atoms with E-state index in [4.69, 9.17) is 0 Å². The monoisotopic (exact) mass is 498 g/mol. The Bertz CT molecular complexity index is 650. The number of hydrogen-bond acceptors (Lipinski definition) is 0. The fraction of sp³-hybridized carbons (Fsp3) is 0.643. The van der Waals surface area contributed by atoms with E-state index in [2.05, 4.69) is 45.9 Å². The van der Waals surface area contributed by atoms with Gasteiger partial charge in [0.1, 0.15) is 0 Å². The summed E-state index contributed by atoms with van der Waals surface area (Å²) in [6.07, 6.45) is 15.0. The van der Waals surface area contributed by atoms with Crippen molar-refractivity contribution in [3.05, 3.63) is 54.1 Å². The van der Waals surface area contributed by atoms with Gasteiger partial charge < -0.3 is 30.3 Å². The van der Waals surface area contributed by atoms with Gasteiger partial charge in [-0.2, -0.15) is 6.07 Å². The minimum Gasteiger partial charge on any atom is -0.748 e. The molecule has 0 N–H and O–H groups in total. The Labute approximate surface area is 206 Å².